The summed E-state index contributed by atoms with van der Waals surface area (Å²) in [6.07, 6.45) is 2.85. The molecule has 1 saturated heterocycles. The molecule has 4 heterocycles. The van der Waals surface area contributed by atoms with Crippen molar-refractivity contribution in [2.24, 2.45) is 0 Å². The fraction of sp³-hybridized carbons (Fsp3) is 0.423. The van der Waals surface area contributed by atoms with Crippen LogP contribution in [0.5, 0.6) is 0 Å². The average Bonchev–Trinajstić information content (AvgIpc) is 3.29. The minimum absolute atomic E-state index is 0.0112. The lowest BCUT2D eigenvalue weighted by molar-refractivity contribution is -0.129. The van der Waals surface area contributed by atoms with Crippen molar-refractivity contribution >= 4 is 23.0 Å². The lowest BCUT2D eigenvalue weighted by Gasteiger charge is -2.33. The van der Waals surface area contributed by atoms with Gasteiger partial charge in [0.05, 0.1) is 52.1 Å². The normalized spacial score (nSPS) is 16.8. The third kappa shape index (κ3) is 5.86. The van der Waals surface area contributed by atoms with Crippen LogP contribution in [0.3, 0.4) is 0 Å². The van der Waals surface area contributed by atoms with Gasteiger partial charge in [0, 0.05) is 32.3 Å². The Morgan fingerprint density at radius 2 is 2.11 bits per heavy atom. The largest absolute Gasteiger partial charge is 0.387 e. The van der Waals surface area contributed by atoms with Gasteiger partial charge in [0.2, 0.25) is 5.91 Å². The van der Waals surface area contributed by atoms with Crippen molar-refractivity contribution in [2.75, 3.05) is 25.0 Å². The van der Waals surface area contributed by atoms with Crippen molar-refractivity contribution < 1.29 is 19.1 Å². The third-order valence-electron chi connectivity index (χ3n) is 6.48. The second-order valence-corrected chi connectivity index (χ2v) is 9.81. The number of rotatable bonds is 7. The number of alkyl halides is 1. The van der Waals surface area contributed by atoms with E-state index in [1.165, 1.54) is 33.2 Å². The van der Waals surface area contributed by atoms with Crippen molar-refractivity contribution in [3.8, 4) is 17.5 Å². The Morgan fingerprint density at radius 3 is 2.81 bits per heavy atom. The number of likely N-dealkylation sites (tertiary alicyclic amines) is 1. The molecule has 1 aliphatic heterocycles. The number of pyridine rings is 1. The Kier molecular flexibility index (Phi) is 7.40. The Morgan fingerprint density at radius 1 is 1.32 bits per heavy atom. The summed E-state index contributed by atoms with van der Waals surface area (Å²) in [4.78, 5) is 31.2. The number of amides is 2. The van der Waals surface area contributed by atoms with Crippen LogP contribution in [-0.4, -0.2) is 73.9 Å². The van der Waals surface area contributed by atoms with Crippen molar-refractivity contribution in [2.45, 2.75) is 51.4 Å². The standard InChI is InChI=1S/C26H30FN7O3/c1-16(35)33-8-4-5-18(15-33)32-21-10-22(23-7-6-19-9-17(11-28)12-31-34(19)23)29-13-20(21)25(36)30-14-24(27)26(2,3)37/h6-7,9-10,12-13,18,24,37H,4-5,8,14-15H2,1-3H3,(H,29,32)(H,30,36)/t18?,24-/m1/s1. The van der Waals surface area contributed by atoms with Crippen LogP contribution < -0.4 is 10.6 Å². The number of carbonyl (C=O) groups excluding carboxylic acids is 2. The van der Waals surface area contributed by atoms with Gasteiger partial charge < -0.3 is 20.6 Å². The molecule has 37 heavy (non-hydrogen) atoms. The summed E-state index contributed by atoms with van der Waals surface area (Å²) in [5.74, 6) is -0.549. The van der Waals surface area contributed by atoms with E-state index in [-0.39, 0.29) is 24.1 Å². The molecule has 3 aromatic rings. The monoisotopic (exact) mass is 507 g/mol. The summed E-state index contributed by atoms with van der Waals surface area (Å²) in [6, 6.07) is 9.06. The maximum atomic E-state index is 14.3. The molecule has 0 aromatic carbocycles. The van der Waals surface area contributed by atoms with Crippen LogP contribution in [-0.2, 0) is 4.79 Å². The quantitative estimate of drug-likeness (QED) is 0.447. The number of aliphatic hydroxyl groups is 1. The number of fused-ring (bicyclic) bond motifs is 1. The minimum Gasteiger partial charge on any atom is -0.387 e. The number of anilines is 1. The molecule has 194 valence electrons. The first kappa shape index (κ1) is 26.0. The third-order valence-corrected chi connectivity index (χ3v) is 6.48. The SMILES string of the molecule is CC(=O)N1CCCC(Nc2cc(-c3ccc4cc(C#N)cnn34)ncc2C(=O)NC[C@@H](F)C(C)(C)O)C1. The fourth-order valence-electron chi connectivity index (χ4n) is 4.28. The van der Waals surface area contributed by atoms with Gasteiger partial charge in [-0.05, 0) is 51.0 Å². The molecule has 2 atom stereocenters. The van der Waals surface area contributed by atoms with Crippen LogP contribution >= 0.6 is 0 Å². The number of hydrogen-bond acceptors (Lipinski definition) is 7. The number of nitriles is 1. The van der Waals surface area contributed by atoms with E-state index in [1.807, 2.05) is 12.1 Å². The molecule has 0 aliphatic carbocycles. The van der Waals surface area contributed by atoms with Gasteiger partial charge in [0.25, 0.3) is 5.91 Å². The van der Waals surface area contributed by atoms with Gasteiger partial charge in [-0.15, -0.1) is 0 Å². The number of halogens is 1. The van der Waals surface area contributed by atoms with E-state index in [0.717, 1.165) is 18.4 Å². The number of nitrogens with one attached hydrogen (secondary N) is 2. The molecule has 10 nitrogen and oxygen atoms in total. The van der Waals surface area contributed by atoms with Crippen LogP contribution in [0.4, 0.5) is 10.1 Å². The van der Waals surface area contributed by atoms with E-state index in [4.69, 9.17) is 5.26 Å². The lowest BCUT2D eigenvalue weighted by atomic mass is 10.0. The van der Waals surface area contributed by atoms with Gasteiger partial charge in [-0.25, -0.2) is 8.91 Å². The first-order chi connectivity index (χ1) is 17.6. The Labute approximate surface area is 214 Å². The maximum absolute atomic E-state index is 14.3. The van der Waals surface area contributed by atoms with Gasteiger partial charge in [-0.2, -0.15) is 10.4 Å². The first-order valence-electron chi connectivity index (χ1n) is 12.1. The zero-order valence-electron chi connectivity index (χ0n) is 21.0. The molecule has 4 rings (SSSR count). The highest BCUT2D eigenvalue weighted by molar-refractivity contribution is 6.00. The zero-order chi connectivity index (χ0) is 26.7. The predicted molar refractivity (Wildman–Crippen MR) is 136 cm³/mol. The molecule has 1 unspecified atom stereocenters. The number of piperidine rings is 1. The number of carbonyl (C=O) groups is 2. The van der Waals surface area contributed by atoms with E-state index >= 15 is 0 Å². The summed E-state index contributed by atoms with van der Waals surface area (Å²) in [7, 11) is 0. The highest BCUT2D eigenvalue weighted by Gasteiger charge is 2.28. The number of nitrogens with zero attached hydrogens (tertiary/aromatic N) is 5. The van der Waals surface area contributed by atoms with Crippen molar-refractivity contribution in [1.29, 1.82) is 5.26 Å². The molecule has 0 radical (unpaired) electrons. The molecule has 11 heteroatoms. The number of aromatic nitrogens is 3. The smallest absolute Gasteiger partial charge is 0.255 e. The van der Waals surface area contributed by atoms with Crippen LogP contribution in [0.2, 0.25) is 0 Å². The minimum atomic E-state index is -1.65. The molecule has 1 fully saturated rings. The van der Waals surface area contributed by atoms with E-state index < -0.39 is 17.7 Å². The molecule has 0 bridgehead atoms. The van der Waals surface area contributed by atoms with Gasteiger partial charge >= 0.3 is 0 Å². The van der Waals surface area contributed by atoms with E-state index in [1.54, 1.807) is 21.5 Å². The maximum Gasteiger partial charge on any atom is 0.255 e. The number of hydrogen-bond donors (Lipinski definition) is 3. The van der Waals surface area contributed by atoms with Crippen LogP contribution in [0.1, 0.15) is 49.5 Å². The molecule has 2 amide bonds. The van der Waals surface area contributed by atoms with Crippen LogP contribution in [0, 0.1) is 11.3 Å². The Hall–Kier alpha value is -4.04. The predicted octanol–water partition coefficient (Wildman–Crippen LogP) is 2.53. The van der Waals surface area contributed by atoms with Crippen molar-refractivity contribution in [3.05, 3.63) is 47.8 Å². The molecule has 3 aromatic heterocycles. The molecule has 3 N–H and O–H groups in total. The summed E-state index contributed by atoms with van der Waals surface area (Å²) in [6.45, 7) is 5.03. The average molecular weight is 508 g/mol. The molecule has 1 aliphatic rings. The van der Waals surface area contributed by atoms with Gasteiger partial charge in [-0.3, -0.25) is 14.6 Å². The van der Waals surface area contributed by atoms with Crippen LogP contribution in [0.15, 0.2) is 36.7 Å². The lowest BCUT2D eigenvalue weighted by Crippen LogP contribution is -2.44. The van der Waals surface area contributed by atoms with Crippen molar-refractivity contribution in [1.82, 2.24) is 24.8 Å². The highest BCUT2D eigenvalue weighted by atomic mass is 19.1. The van der Waals surface area contributed by atoms with Crippen LogP contribution in [0.25, 0.3) is 16.9 Å². The molecule has 0 saturated carbocycles. The molecular formula is C26H30FN7O3. The Balaban J connectivity index is 1.67. The zero-order valence-corrected chi connectivity index (χ0v) is 21.0. The fourth-order valence-corrected chi connectivity index (χ4v) is 4.28. The van der Waals surface area contributed by atoms with E-state index in [2.05, 4.69) is 26.8 Å². The Bertz CT molecular complexity index is 1360. The highest BCUT2D eigenvalue weighted by Crippen LogP contribution is 2.27. The summed E-state index contributed by atoms with van der Waals surface area (Å²) < 4.78 is 15.9. The van der Waals surface area contributed by atoms with E-state index in [0.29, 0.717) is 35.7 Å². The first-order valence-corrected chi connectivity index (χ1v) is 12.1. The summed E-state index contributed by atoms with van der Waals surface area (Å²) in [5.41, 5.74) is 1.46. The van der Waals surface area contributed by atoms with Gasteiger partial charge in [-0.1, -0.05) is 0 Å². The molecule has 0 spiro atoms. The topological polar surface area (TPSA) is 136 Å². The second kappa shape index (κ2) is 10.5. The summed E-state index contributed by atoms with van der Waals surface area (Å²) >= 11 is 0. The van der Waals surface area contributed by atoms with E-state index in [9.17, 15) is 19.1 Å². The summed E-state index contributed by atoms with van der Waals surface area (Å²) in [5, 5.41) is 29.3. The van der Waals surface area contributed by atoms with Gasteiger partial charge in [0.1, 0.15) is 12.2 Å². The van der Waals surface area contributed by atoms with Gasteiger partial charge in [0.15, 0.2) is 0 Å². The molecular weight excluding hydrogens is 477 g/mol. The van der Waals surface area contributed by atoms with Crippen molar-refractivity contribution in [3.63, 3.8) is 0 Å². The second-order valence-electron chi connectivity index (χ2n) is 9.81.